The fraction of sp³-hybridized carbons (Fsp3) is 0.130. The van der Waals surface area contributed by atoms with E-state index in [2.05, 4.69) is 5.32 Å². The van der Waals surface area contributed by atoms with Crippen LogP contribution in [0.3, 0.4) is 0 Å². The summed E-state index contributed by atoms with van der Waals surface area (Å²) >= 11 is 5.99. The van der Waals surface area contributed by atoms with Gasteiger partial charge in [-0.25, -0.2) is 13.2 Å². The average molecular weight is 487 g/mol. The molecule has 2 N–H and O–H groups in total. The molecule has 1 aliphatic heterocycles. The second-order valence-corrected chi connectivity index (χ2v) is 9.60. The minimum absolute atomic E-state index is 0.0511. The number of carbonyl (C=O) groups is 2. The Hall–Kier alpha value is -3.56. The van der Waals surface area contributed by atoms with Crippen molar-refractivity contribution in [3.8, 4) is 5.75 Å². The number of fused-ring (bicyclic) bond motifs is 1. The third-order valence-corrected chi connectivity index (χ3v) is 7.32. The summed E-state index contributed by atoms with van der Waals surface area (Å²) in [4.78, 5) is 24.0. The second-order valence-electron chi connectivity index (χ2n) is 7.30. The number of ether oxygens (including phenoxy) is 1. The molecular formula is C23H19ClN2O6S. The molecule has 0 fully saturated rings. The van der Waals surface area contributed by atoms with E-state index >= 15 is 0 Å². The Morgan fingerprint density at radius 2 is 1.79 bits per heavy atom. The number of benzene rings is 3. The van der Waals surface area contributed by atoms with E-state index in [1.165, 1.54) is 53.9 Å². The zero-order valence-electron chi connectivity index (χ0n) is 17.4. The van der Waals surface area contributed by atoms with E-state index in [0.29, 0.717) is 34.1 Å². The van der Waals surface area contributed by atoms with Crippen LogP contribution in [0.2, 0.25) is 5.02 Å². The monoisotopic (exact) mass is 486 g/mol. The van der Waals surface area contributed by atoms with E-state index in [4.69, 9.17) is 21.4 Å². The number of aromatic carboxylic acids is 1. The molecule has 170 valence electrons. The van der Waals surface area contributed by atoms with Crippen LogP contribution in [0.4, 0.5) is 11.4 Å². The molecular weight excluding hydrogens is 468 g/mol. The number of carboxylic acid groups (broad SMARTS) is 1. The van der Waals surface area contributed by atoms with Gasteiger partial charge in [0.25, 0.3) is 15.9 Å². The van der Waals surface area contributed by atoms with Gasteiger partial charge in [0.05, 0.1) is 23.3 Å². The normalized spacial score (nSPS) is 12.8. The third kappa shape index (κ3) is 4.37. The van der Waals surface area contributed by atoms with Gasteiger partial charge < -0.3 is 15.2 Å². The minimum Gasteiger partial charge on any atom is -0.496 e. The highest BCUT2D eigenvalue weighted by atomic mass is 35.5. The zero-order valence-corrected chi connectivity index (χ0v) is 19.0. The summed E-state index contributed by atoms with van der Waals surface area (Å²) < 4.78 is 33.3. The van der Waals surface area contributed by atoms with Crippen LogP contribution in [-0.2, 0) is 16.4 Å². The van der Waals surface area contributed by atoms with E-state index < -0.39 is 21.9 Å². The van der Waals surface area contributed by atoms with Crippen molar-refractivity contribution < 1.29 is 27.9 Å². The molecule has 0 spiro atoms. The quantitative estimate of drug-likeness (QED) is 0.543. The maximum atomic E-state index is 13.3. The molecule has 1 aliphatic rings. The predicted molar refractivity (Wildman–Crippen MR) is 124 cm³/mol. The smallest absolute Gasteiger partial charge is 0.335 e. The van der Waals surface area contributed by atoms with Crippen LogP contribution in [0.25, 0.3) is 0 Å². The Balaban J connectivity index is 1.69. The summed E-state index contributed by atoms with van der Waals surface area (Å²) in [6.07, 6.45) is 0.427. The van der Waals surface area contributed by atoms with E-state index in [0.717, 1.165) is 0 Å². The molecule has 3 aromatic rings. The fourth-order valence-corrected chi connectivity index (χ4v) is 5.44. The highest BCUT2D eigenvalue weighted by molar-refractivity contribution is 7.92. The van der Waals surface area contributed by atoms with Gasteiger partial charge in [-0.2, -0.15) is 0 Å². The lowest BCUT2D eigenvalue weighted by atomic mass is 10.1. The average Bonchev–Trinajstić information content (AvgIpc) is 3.23. The van der Waals surface area contributed by atoms with Crippen molar-refractivity contribution in [1.29, 1.82) is 0 Å². The number of methoxy groups -OCH3 is 1. The first-order chi connectivity index (χ1) is 15.7. The lowest BCUT2D eigenvalue weighted by Crippen LogP contribution is -2.29. The van der Waals surface area contributed by atoms with Crippen LogP contribution in [0.5, 0.6) is 5.75 Å². The molecule has 0 saturated heterocycles. The Labute approximate surface area is 195 Å². The van der Waals surface area contributed by atoms with E-state index in [1.807, 2.05) is 0 Å². The van der Waals surface area contributed by atoms with Crippen molar-refractivity contribution in [2.75, 3.05) is 23.3 Å². The Morgan fingerprint density at radius 3 is 2.42 bits per heavy atom. The number of anilines is 2. The minimum atomic E-state index is -3.91. The van der Waals surface area contributed by atoms with Gasteiger partial charge in [0.15, 0.2) is 0 Å². The number of nitrogens with zero attached hydrogens (tertiary/aromatic N) is 1. The summed E-state index contributed by atoms with van der Waals surface area (Å²) in [6.45, 7) is 0.197. The molecule has 1 amide bonds. The number of carbonyl (C=O) groups excluding carboxylic acids is 1. The first kappa shape index (κ1) is 22.6. The number of amides is 1. The molecule has 4 rings (SSSR count). The van der Waals surface area contributed by atoms with Gasteiger partial charge in [-0.15, -0.1) is 0 Å². The van der Waals surface area contributed by atoms with Crippen molar-refractivity contribution in [2.24, 2.45) is 0 Å². The molecule has 0 saturated carbocycles. The van der Waals surface area contributed by atoms with Crippen molar-refractivity contribution in [3.63, 3.8) is 0 Å². The molecule has 0 bridgehead atoms. The topological polar surface area (TPSA) is 113 Å². The van der Waals surface area contributed by atoms with Crippen molar-refractivity contribution in [3.05, 3.63) is 82.4 Å². The van der Waals surface area contributed by atoms with Crippen LogP contribution in [0, 0.1) is 0 Å². The van der Waals surface area contributed by atoms with E-state index in [9.17, 15) is 18.0 Å². The number of rotatable bonds is 6. The van der Waals surface area contributed by atoms with Crippen LogP contribution in [0.15, 0.2) is 65.6 Å². The Kier molecular flexibility index (Phi) is 6.01. The molecule has 3 aromatic carbocycles. The summed E-state index contributed by atoms with van der Waals surface area (Å²) in [5.74, 6) is -1.16. The fourth-order valence-electron chi connectivity index (χ4n) is 3.66. The largest absolute Gasteiger partial charge is 0.496 e. The van der Waals surface area contributed by atoms with Gasteiger partial charge in [-0.3, -0.25) is 9.10 Å². The molecule has 0 unspecified atom stereocenters. The standard InChI is InChI=1S/C23H19ClN2O6S/c1-32-21-12-15(22(27)25-17-7-5-14(6-8-17)23(28)29)11-20-19(21)9-10-26(20)33(30,31)18-4-2-3-16(24)13-18/h2-8,11-13H,9-10H2,1H3,(H,25,27)(H,28,29). The second kappa shape index (κ2) is 8.76. The summed E-state index contributed by atoms with van der Waals surface area (Å²) in [7, 11) is -2.45. The predicted octanol–water partition coefficient (Wildman–Crippen LogP) is 4.05. The van der Waals surface area contributed by atoms with Crippen molar-refractivity contribution >= 4 is 44.9 Å². The van der Waals surface area contributed by atoms with Gasteiger partial charge >= 0.3 is 5.97 Å². The first-order valence-electron chi connectivity index (χ1n) is 9.84. The number of hydrogen-bond donors (Lipinski definition) is 2. The summed E-state index contributed by atoms with van der Waals surface area (Å²) in [5, 5.41) is 12.0. The number of sulfonamides is 1. The molecule has 0 aliphatic carbocycles. The van der Waals surface area contributed by atoms with Crippen molar-refractivity contribution in [2.45, 2.75) is 11.3 Å². The maximum Gasteiger partial charge on any atom is 0.335 e. The molecule has 0 radical (unpaired) electrons. The van der Waals surface area contributed by atoms with Gasteiger partial charge in [-0.1, -0.05) is 17.7 Å². The lowest BCUT2D eigenvalue weighted by Gasteiger charge is -2.21. The maximum absolute atomic E-state index is 13.3. The molecule has 8 nitrogen and oxygen atoms in total. The van der Waals surface area contributed by atoms with Gasteiger partial charge in [0.1, 0.15) is 5.75 Å². The van der Waals surface area contributed by atoms with E-state index in [1.54, 1.807) is 18.2 Å². The molecule has 33 heavy (non-hydrogen) atoms. The SMILES string of the molecule is COc1cc(C(=O)Nc2ccc(C(=O)O)cc2)cc2c1CCN2S(=O)(=O)c1cccc(Cl)c1. The number of nitrogens with one attached hydrogen (secondary N) is 1. The summed E-state index contributed by atoms with van der Waals surface area (Å²) in [5.41, 5.74) is 1.73. The molecule has 10 heteroatoms. The Morgan fingerprint density at radius 1 is 1.06 bits per heavy atom. The van der Waals surface area contributed by atoms with Crippen LogP contribution in [-0.4, -0.2) is 39.1 Å². The van der Waals surface area contributed by atoms with Crippen molar-refractivity contribution in [1.82, 2.24) is 0 Å². The van der Waals surface area contributed by atoms with Gasteiger partial charge in [0, 0.05) is 28.4 Å². The summed E-state index contributed by atoms with van der Waals surface area (Å²) in [6, 6.07) is 14.8. The molecule has 1 heterocycles. The highest BCUT2D eigenvalue weighted by Crippen LogP contribution is 2.39. The molecule has 0 aromatic heterocycles. The van der Waals surface area contributed by atoms with Crippen LogP contribution >= 0.6 is 11.6 Å². The Bertz CT molecular complexity index is 1360. The van der Waals surface area contributed by atoms with E-state index in [-0.39, 0.29) is 22.6 Å². The zero-order chi connectivity index (χ0) is 23.8. The van der Waals surface area contributed by atoms with Gasteiger partial charge in [-0.05, 0) is 61.0 Å². The number of halogens is 1. The highest BCUT2D eigenvalue weighted by Gasteiger charge is 2.34. The van der Waals surface area contributed by atoms with Crippen LogP contribution in [0.1, 0.15) is 26.3 Å². The molecule has 0 atom stereocenters. The number of hydrogen-bond acceptors (Lipinski definition) is 5. The number of carboxylic acids is 1. The first-order valence-corrected chi connectivity index (χ1v) is 11.7. The van der Waals surface area contributed by atoms with Crippen LogP contribution < -0.4 is 14.4 Å². The van der Waals surface area contributed by atoms with Gasteiger partial charge in [0.2, 0.25) is 0 Å². The third-order valence-electron chi connectivity index (χ3n) is 5.27. The lowest BCUT2D eigenvalue weighted by molar-refractivity contribution is 0.0696.